The lowest BCUT2D eigenvalue weighted by molar-refractivity contribution is -0.143. The first-order valence-corrected chi connectivity index (χ1v) is 8.68. The molecular weight excluding hydrogens is 354 g/mol. The SMILES string of the molecule is CCOC(=O)Cn1c2nc(Cl)ccc2c(=O)c2ccc(C)c(N(C)C)c21. The van der Waals surface area contributed by atoms with Crippen LogP contribution in [0.1, 0.15) is 12.5 Å². The van der Waals surface area contributed by atoms with Crippen LogP contribution in [0.3, 0.4) is 0 Å². The molecule has 26 heavy (non-hydrogen) atoms. The lowest BCUT2D eigenvalue weighted by atomic mass is 10.1. The van der Waals surface area contributed by atoms with Crippen LogP contribution in [0.25, 0.3) is 21.9 Å². The zero-order valence-corrected chi connectivity index (χ0v) is 15.9. The van der Waals surface area contributed by atoms with Crippen molar-refractivity contribution < 1.29 is 9.53 Å². The van der Waals surface area contributed by atoms with Crippen LogP contribution in [0, 0.1) is 6.92 Å². The third kappa shape index (κ3) is 3.01. The van der Waals surface area contributed by atoms with Crippen LogP contribution in [-0.2, 0) is 16.1 Å². The minimum Gasteiger partial charge on any atom is -0.465 e. The summed E-state index contributed by atoms with van der Waals surface area (Å²) in [6.45, 7) is 3.94. The quantitative estimate of drug-likeness (QED) is 0.399. The summed E-state index contributed by atoms with van der Waals surface area (Å²) >= 11 is 6.07. The molecule has 0 bridgehead atoms. The van der Waals surface area contributed by atoms with Gasteiger partial charge < -0.3 is 14.2 Å². The van der Waals surface area contributed by atoms with Crippen molar-refractivity contribution in [1.82, 2.24) is 9.55 Å². The lowest BCUT2D eigenvalue weighted by Gasteiger charge is -2.22. The molecule has 136 valence electrons. The van der Waals surface area contributed by atoms with Gasteiger partial charge in [-0.15, -0.1) is 0 Å². The summed E-state index contributed by atoms with van der Waals surface area (Å²) in [4.78, 5) is 31.5. The highest BCUT2D eigenvalue weighted by atomic mass is 35.5. The van der Waals surface area contributed by atoms with Gasteiger partial charge in [0.1, 0.15) is 17.3 Å². The van der Waals surface area contributed by atoms with Crippen LogP contribution in [0.15, 0.2) is 29.1 Å². The van der Waals surface area contributed by atoms with Gasteiger partial charge in [-0.25, -0.2) is 4.98 Å². The summed E-state index contributed by atoms with van der Waals surface area (Å²) in [6.07, 6.45) is 0. The number of nitrogens with zero attached hydrogens (tertiary/aromatic N) is 3. The van der Waals surface area contributed by atoms with Gasteiger partial charge in [0.25, 0.3) is 0 Å². The fourth-order valence-corrected chi connectivity index (χ4v) is 3.39. The predicted molar refractivity (Wildman–Crippen MR) is 104 cm³/mol. The third-order valence-electron chi connectivity index (χ3n) is 4.25. The van der Waals surface area contributed by atoms with Crippen LogP contribution in [-0.4, -0.2) is 36.2 Å². The number of esters is 1. The standard InChI is InChI=1S/C19H20ClN3O3/c1-5-26-15(24)10-23-17-12(7-6-11(2)16(17)22(3)4)18(25)13-8-9-14(20)21-19(13)23/h6-9H,5,10H2,1-4H3. The highest BCUT2D eigenvalue weighted by Gasteiger charge is 2.19. The van der Waals surface area contributed by atoms with Gasteiger partial charge in [0.05, 0.1) is 23.2 Å². The Kier molecular flexibility index (Phi) is 4.87. The predicted octanol–water partition coefficient (Wildman–Crippen LogP) is 3.14. The van der Waals surface area contributed by atoms with Gasteiger partial charge in [-0.05, 0) is 37.6 Å². The normalized spacial score (nSPS) is 11.1. The maximum Gasteiger partial charge on any atom is 0.326 e. The zero-order chi connectivity index (χ0) is 19.0. The number of carbonyl (C=O) groups excluding carboxylic acids is 1. The number of rotatable bonds is 4. The monoisotopic (exact) mass is 373 g/mol. The Hall–Kier alpha value is -2.60. The Morgan fingerprint density at radius 2 is 1.92 bits per heavy atom. The van der Waals surface area contributed by atoms with E-state index in [0.29, 0.717) is 21.9 Å². The number of aromatic nitrogens is 2. The number of hydrogen-bond acceptors (Lipinski definition) is 5. The second kappa shape index (κ2) is 6.96. The van der Waals surface area contributed by atoms with Crippen LogP contribution >= 0.6 is 11.6 Å². The van der Waals surface area contributed by atoms with E-state index in [9.17, 15) is 9.59 Å². The lowest BCUT2D eigenvalue weighted by Crippen LogP contribution is -2.22. The second-order valence-electron chi connectivity index (χ2n) is 6.25. The maximum atomic E-state index is 13.0. The molecule has 0 aliphatic heterocycles. The smallest absolute Gasteiger partial charge is 0.326 e. The van der Waals surface area contributed by atoms with E-state index in [1.165, 1.54) is 0 Å². The van der Waals surface area contributed by atoms with Crippen molar-refractivity contribution in [3.05, 3.63) is 45.2 Å². The van der Waals surface area contributed by atoms with Gasteiger partial charge >= 0.3 is 5.97 Å². The van der Waals surface area contributed by atoms with Crippen molar-refractivity contribution in [3.63, 3.8) is 0 Å². The molecule has 0 unspecified atom stereocenters. The summed E-state index contributed by atoms with van der Waals surface area (Å²) in [5.74, 6) is -0.397. The Morgan fingerprint density at radius 3 is 2.58 bits per heavy atom. The number of hydrogen-bond donors (Lipinski definition) is 0. The molecule has 3 aromatic rings. The second-order valence-corrected chi connectivity index (χ2v) is 6.63. The number of anilines is 1. The first kappa shape index (κ1) is 18.2. The molecule has 0 saturated heterocycles. The number of halogens is 1. The topological polar surface area (TPSA) is 64.4 Å². The first-order valence-electron chi connectivity index (χ1n) is 8.30. The van der Waals surface area contributed by atoms with E-state index in [1.807, 2.05) is 32.0 Å². The fourth-order valence-electron chi connectivity index (χ4n) is 3.25. The summed E-state index contributed by atoms with van der Waals surface area (Å²) in [5.41, 5.74) is 2.72. The number of pyridine rings is 2. The Balaban J connectivity index is 2.52. The van der Waals surface area contributed by atoms with Crippen molar-refractivity contribution in [1.29, 1.82) is 0 Å². The summed E-state index contributed by atoms with van der Waals surface area (Å²) < 4.78 is 6.84. The molecule has 0 aliphatic rings. The van der Waals surface area contributed by atoms with Gasteiger partial charge in [-0.1, -0.05) is 17.7 Å². The third-order valence-corrected chi connectivity index (χ3v) is 4.46. The molecule has 0 radical (unpaired) electrons. The van der Waals surface area contributed by atoms with Gasteiger partial charge in [0, 0.05) is 19.5 Å². The van der Waals surface area contributed by atoms with Crippen molar-refractivity contribution in [2.75, 3.05) is 25.6 Å². The molecule has 0 saturated carbocycles. The fraction of sp³-hybridized carbons (Fsp3) is 0.316. The summed E-state index contributed by atoms with van der Waals surface area (Å²) in [6, 6.07) is 6.91. The Labute approximate surface area is 155 Å². The van der Waals surface area contributed by atoms with E-state index in [1.54, 1.807) is 29.7 Å². The molecular formula is C19H20ClN3O3. The molecule has 3 rings (SSSR count). The zero-order valence-electron chi connectivity index (χ0n) is 15.2. The molecule has 2 aromatic heterocycles. The van der Waals surface area contributed by atoms with Crippen molar-refractivity contribution >= 4 is 45.2 Å². The highest BCUT2D eigenvalue weighted by molar-refractivity contribution is 6.29. The molecule has 0 fully saturated rings. The number of ether oxygens (including phenoxy) is 1. The number of benzene rings is 1. The summed E-state index contributed by atoms with van der Waals surface area (Å²) in [5, 5.41) is 1.20. The van der Waals surface area contributed by atoms with Crippen molar-refractivity contribution in [3.8, 4) is 0 Å². The van der Waals surface area contributed by atoms with Gasteiger partial charge in [0.15, 0.2) is 5.43 Å². The molecule has 0 spiro atoms. The summed E-state index contributed by atoms with van der Waals surface area (Å²) in [7, 11) is 3.80. The van der Waals surface area contributed by atoms with E-state index in [4.69, 9.17) is 16.3 Å². The Bertz CT molecular complexity index is 1070. The largest absolute Gasteiger partial charge is 0.465 e. The minimum atomic E-state index is -0.397. The number of aryl methyl sites for hydroxylation is 1. The molecule has 0 N–H and O–H groups in total. The molecule has 0 aliphatic carbocycles. The van der Waals surface area contributed by atoms with E-state index < -0.39 is 5.97 Å². The molecule has 6 nitrogen and oxygen atoms in total. The minimum absolute atomic E-state index is 0.0568. The van der Waals surface area contributed by atoms with E-state index in [-0.39, 0.29) is 23.7 Å². The van der Waals surface area contributed by atoms with Crippen LogP contribution in [0.2, 0.25) is 5.15 Å². The van der Waals surface area contributed by atoms with E-state index in [0.717, 1.165) is 11.3 Å². The first-order chi connectivity index (χ1) is 12.3. The molecule has 1 aromatic carbocycles. The van der Waals surface area contributed by atoms with Crippen LogP contribution in [0.4, 0.5) is 5.69 Å². The van der Waals surface area contributed by atoms with Crippen LogP contribution < -0.4 is 10.3 Å². The van der Waals surface area contributed by atoms with Gasteiger partial charge in [0.2, 0.25) is 0 Å². The van der Waals surface area contributed by atoms with Crippen molar-refractivity contribution in [2.24, 2.45) is 0 Å². The maximum absolute atomic E-state index is 13.0. The highest BCUT2D eigenvalue weighted by Crippen LogP contribution is 2.30. The molecule has 2 heterocycles. The average molecular weight is 374 g/mol. The molecule has 0 atom stereocenters. The Morgan fingerprint density at radius 1 is 1.23 bits per heavy atom. The number of fused-ring (bicyclic) bond motifs is 2. The van der Waals surface area contributed by atoms with Crippen molar-refractivity contribution in [2.45, 2.75) is 20.4 Å². The van der Waals surface area contributed by atoms with E-state index >= 15 is 0 Å². The number of carbonyl (C=O) groups is 1. The average Bonchev–Trinajstić information content (AvgIpc) is 2.58. The van der Waals surface area contributed by atoms with E-state index in [2.05, 4.69) is 4.98 Å². The van der Waals surface area contributed by atoms with Gasteiger partial charge in [-0.2, -0.15) is 0 Å². The molecule has 7 heteroatoms. The molecule has 0 amide bonds. The van der Waals surface area contributed by atoms with Crippen LogP contribution in [0.5, 0.6) is 0 Å². The van der Waals surface area contributed by atoms with Gasteiger partial charge in [-0.3, -0.25) is 9.59 Å².